The van der Waals surface area contributed by atoms with Crippen LogP contribution in [0.2, 0.25) is 0 Å². The van der Waals surface area contributed by atoms with Crippen LogP contribution in [-0.2, 0) is 18.4 Å². The first kappa shape index (κ1) is 19.6. The molecular weight excluding hydrogens is 376 g/mol. The fraction of sp³-hybridized carbons (Fsp3) is 0.207. The Morgan fingerprint density at radius 2 is 1.45 bits per heavy atom. The monoisotopic (exact) mass is 404 g/mol. The van der Waals surface area contributed by atoms with E-state index in [0.29, 0.717) is 0 Å². The van der Waals surface area contributed by atoms with Gasteiger partial charge in [-0.1, -0.05) is 99.6 Å². The zero-order valence-corrected chi connectivity index (χ0v) is 18.5. The summed E-state index contributed by atoms with van der Waals surface area (Å²) in [7, 11) is 0. The van der Waals surface area contributed by atoms with Gasteiger partial charge in [0.25, 0.3) is 0 Å². The first-order chi connectivity index (χ1) is 15.0. The molecule has 0 radical (unpaired) electrons. The summed E-state index contributed by atoms with van der Waals surface area (Å²) < 4.78 is 2.38. The third-order valence-corrected chi connectivity index (χ3v) is 6.12. The standard InChI is InChI=1S/C29H28N2/c1-29(2,3)24-17-15-21(16-18-24)20-31-27-14-7-6-13-26(27)30-28(31)19-23-11-8-10-22-9-4-5-12-25(22)23/h4-18H,19-20H2,1-3H3. The average molecular weight is 405 g/mol. The van der Waals surface area contributed by atoms with Crippen LogP contribution in [0.15, 0.2) is 91.0 Å². The van der Waals surface area contributed by atoms with Gasteiger partial charge in [-0.3, -0.25) is 0 Å². The highest BCUT2D eigenvalue weighted by molar-refractivity contribution is 5.86. The zero-order chi connectivity index (χ0) is 21.4. The van der Waals surface area contributed by atoms with Crippen LogP contribution in [0.3, 0.4) is 0 Å². The van der Waals surface area contributed by atoms with E-state index in [4.69, 9.17) is 4.98 Å². The molecule has 0 aliphatic rings. The number of nitrogens with zero attached hydrogens (tertiary/aromatic N) is 2. The lowest BCUT2D eigenvalue weighted by molar-refractivity contribution is 0.589. The van der Waals surface area contributed by atoms with Crippen molar-refractivity contribution in [3.63, 3.8) is 0 Å². The Morgan fingerprint density at radius 3 is 2.26 bits per heavy atom. The van der Waals surface area contributed by atoms with Crippen LogP contribution in [0.5, 0.6) is 0 Å². The molecule has 1 aromatic heterocycles. The van der Waals surface area contributed by atoms with E-state index in [1.54, 1.807) is 0 Å². The third kappa shape index (κ3) is 3.86. The van der Waals surface area contributed by atoms with Crippen LogP contribution in [0.1, 0.15) is 43.3 Å². The number of rotatable bonds is 4. The molecule has 0 aliphatic heterocycles. The number of aromatic nitrogens is 2. The predicted molar refractivity (Wildman–Crippen MR) is 131 cm³/mol. The number of para-hydroxylation sites is 2. The van der Waals surface area contributed by atoms with Crippen molar-refractivity contribution in [2.75, 3.05) is 0 Å². The second-order valence-electron chi connectivity index (χ2n) is 9.36. The van der Waals surface area contributed by atoms with Crippen molar-refractivity contribution >= 4 is 21.8 Å². The van der Waals surface area contributed by atoms with Crippen molar-refractivity contribution in [2.24, 2.45) is 0 Å². The van der Waals surface area contributed by atoms with Crippen LogP contribution in [0, 0.1) is 0 Å². The fourth-order valence-corrected chi connectivity index (χ4v) is 4.35. The van der Waals surface area contributed by atoms with Crippen LogP contribution < -0.4 is 0 Å². The lowest BCUT2D eigenvalue weighted by Crippen LogP contribution is -2.11. The molecule has 0 fully saturated rings. The molecule has 0 N–H and O–H groups in total. The number of fused-ring (bicyclic) bond motifs is 2. The zero-order valence-electron chi connectivity index (χ0n) is 18.5. The summed E-state index contributed by atoms with van der Waals surface area (Å²) in [5.74, 6) is 1.11. The van der Waals surface area contributed by atoms with Crippen molar-refractivity contribution in [3.8, 4) is 0 Å². The van der Waals surface area contributed by atoms with Gasteiger partial charge in [0.05, 0.1) is 11.0 Å². The van der Waals surface area contributed by atoms with E-state index in [0.717, 1.165) is 24.3 Å². The van der Waals surface area contributed by atoms with Crippen molar-refractivity contribution in [3.05, 3.63) is 114 Å². The van der Waals surface area contributed by atoms with Crippen LogP contribution in [0.4, 0.5) is 0 Å². The smallest absolute Gasteiger partial charge is 0.114 e. The van der Waals surface area contributed by atoms with E-state index < -0.39 is 0 Å². The molecule has 154 valence electrons. The van der Waals surface area contributed by atoms with E-state index in [1.165, 1.54) is 33.0 Å². The quantitative estimate of drug-likeness (QED) is 0.312. The summed E-state index contributed by atoms with van der Waals surface area (Å²) in [5, 5.41) is 2.58. The minimum Gasteiger partial charge on any atom is -0.323 e. The highest BCUT2D eigenvalue weighted by Gasteiger charge is 2.15. The molecule has 4 aromatic carbocycles. The Morgan fingerprint density at radius 1 is 0.742 bits per heavy atom. The first-order valence-corrected chi connectivity index (χ1v) is 11.0. The van der Waals surface area contributed by atoms with Gasteiger partial charge in [-0.2, -0.15) is 0 Å². The second-order valence-corrected chi connectivity index (χ2v) is 9.36. The highest BCUT2D eigenvalue weighted by Crippen LogP contribution is 2.26. The van der Waals surface area contributed by atoms with Crippen molar-refractivity contribution in [2.45, 2.75) is 39.2 Å². The van der Waals surface area contributed by atoms with Gasteiger partial charge >= 0.3 is 0 Å². The highest BCUT2D eigenvalue weighted by atomic mass is 15.1. The SMILES string of the molecule is CC(C)(C)c1ccc(Cn2c(Cc3cccc4ccccc34)nc3ccccc32)cc1. The second kappa shape index (κ2) is 7.70. The van der Waals surface area contributed by atoms with Crippen molar-refractivity contribution < 1.29 is 0 Å². The van der Waals surface area contributed by atoms with Gasteiger partial charge in [0.2, 0.25) is 0 Å². The lowest BCUT2D eigenvalue weighted by atomic mass is 9.87. The Hall–Kier alpha value is -3.39. The van der Waals surface area contributed by atoms with E-state index >= 15 is 0 Å². The summed E-state index contributed by atoms with van der Waals surface area (Å²) in [6, 6.07) is 32.7. The van der Waals surface area contributed by atoms with Crippen LogP contribution in [-0.4, -0.2) is 9.55 Å². The summed E-state index contributed by atoms with van der Waals surface area (Å²) >= 11 is 0. The number of imidazole rings is 1. The molecule has 5 aromatic rings. The Labute approximate surface area is 184 Å². The molecule has 2 nitrogen and oxygen atoms in total. The van der Waals surface area contributed by atoms with E-state index in [-0.39, 0.29) is 5.41 Å². The van der Waals surface area contributed by atoms with Gasteiger partial charge in [0.1, 0.15) is 5.82 Å². The molecule has 2 heteroatoms. The largest absolute Gasteiger partial charge is 0.323 e. The average Bonchev–Trinajstić information content (AvgIpc) is 3.11. The molecular formula is C29H28N2. The molecule has 0 unspecified atom stereocenters. The summed E-state index contributed by atoms with van der Waals surface area (Å²) in [4.78, 5) is 5.03. The van der Waals surface area contributed by atoms with Crippen LogP contribution in [0.25, 0.3) is 21.8 Å². The molecule has 0 atom stereocenters. The first-order valence-electron chi connectivity index (χ1n) is 11.0. The van der Waals surface area contributed by atoms with E-state index in [1.807, 2.05) is 0 Å². The van der Waals surface area contributed by atoms with Gasteiger partial charge in [-0.15, -0.1) is 0 Å². The minimum atomic E-state index is 0.166. The maximum Gasteiger partial charge on any atom is 0.114 e. The van der Waals surface area contributed by atoms with E-state index in [9.17, 15) is 0 Å². The molecule has 5 rings (SSSR count). The Balaban J connectivity index is 1.56. The normalized spacial score (nSPS) is 12.0. The number of benzene rings is 4. The lowest BCUT2D eigenvalue weighted by Gasteiger charge is -2.19. The van der Waals surface area contributed by atoms with Gasteiger partial charge in [-0.05, 0) is 45.0 Å². The van der Waals surface area contributed by atoms with Gasteiger partial charge in [0, 0.05) is 13.0 Å². The summed E-state index contributed by atoms with van der Waals surface area (Å²) in [6.07, 6.45) is 0.816. The van der Waals surface area contributed by atoms with Gasteiger partial charge < -0.3 is 4.57 Å². The van der Waals surface area contributed by atoms with Gasteiger partial charge in [0.15, 0.2) is 0 Å². The number of hydrogen-bond acceptors (Lipinski definition) is 1. The van der Waals surface area contributed by atoms with Gasteiger partial charge in [-0.25, -0.2) is 4.98 Å². The maximum absolute atomic E-state index is 5.03. The summed E-state index contributed by atoms with van der Waals surface area (Å²) in [6.45, 7) is 7.60. The van der Waals surface area contributed by atoms with Crippen molar-refractivity contribution in [1.29, 1.82) is 0 Å². The molecule has 1 heterocycles. The molecule has 31 heavy (non-hydrogen) atoms. The third-order valence-electron chi connectivity index (χ3n) is 6.12. The predicted octanol–water partition coefficient (Wildman–Crippen LogP) is 7.13. The molecule has 0 spiro atoms. The van der Waals surface area contributed by atoms with E-state index in [2.05, 4.69) is 116 Å². The topological polar surface area (TPSA) is 17.8 Å². The molecule has 0 saturated heterocycles. The molecule has 0 saturated carbocycles. The molecule has 0 aliphatic carbocycles. The number of hydrogen-bond donors (Lipinski definition) is 0. The summed E-state index contributed by atoms with van der Waals surface area (Å²) in [5.41, 5.74) is 6.40. The fourth-order valence-electron chi connectivity index (χ4n) is 4.35. The minimum absolute atomic E-state index is 0.166. The Bertz CT molecular complexity index is 1350. The maximum atomic E-state index is 5.03. The van der Waals surface area contributed by atoms with Crippen molar-refractivity contribution in [1.82, 2.24) is 9.55 Å². The Kier molecular flexibility index (Phi) is 4.86. The molecule has 0 amide bonds. The van der Waals surface area contributed by atoms with Crippen LogP contribution >= 0.6 is 0 Å². The molecule has 0 bridgehead atoms.